The quantitative estimate of drug-likeness (QED) is 0.170. The van der Waals surface area contributed by atoms with Gasteiger partial charge in [0.2, 0.25) is 0 Å². The fraction of sp³-hybridized carbons (Fsp3) is 0.480. The average Bonchev–Trinajstić information content (AvgIpc) is 2.76. The van der Waals surface area contributed by atoms with Crippen LogP contribution in [0.25, 0.3) is 0 Å². The second kappa shape index (κ2) is 15.9. The molecule has 0 aliphatic heterocycles. The van der Waals surface area contributed by atoms with Gasteiger partial charge >= 0.3 is 0 Å². The summed E-state index contributed by atoms with van der Waals surface area (Å²) in [6.07, 6.45) is 0.222. The minimum atomic E-state index is 0. The molecule has 0 aliphatic rings. The van der Waals surface area contributed by atoms with E-state index in [0.717, 1.165) is 17.3 Å². The van der Waals surface area contributed by atoms with Gasteiger partial charge in [-0.2, -0.15) is 0 Å². The zero-order valence-corrected chi connectivity index (χ0v) is 22.3. The van der Waals surface area contributed by atoms with Gasteiger partial charge in [-0.3, -0.25) is 4.99 Å². The van der Waals surface area contributed by atoms with Crippen LogP contribution >= 0.6 is 24.0 Å². The Labute approximate surface area is 210 Å². The lowest BCUT2D eigenvalue weighted by Gasteiger charge is -2.16. The summed E-state index contributed by atoms with van der Waals surface area (Å²) in [5, 5.41) is 6.75. The summed E-state index contributed by atoms with van der Waals surface area (Å²) in [4.78, 5) is 4.34. The molecular weight excluding hydrogens is 517 g/mol. The maximum Gasteiger partial charge on any atom is 0.191 e. The first-order valence-corrected chi connectivity index (χ1v) is 11.0. The molecule has 0 saturated carbocycles. The van der Waals surface area contributed by atoms with Crippen molar-refractivity contribution >= 4 is 29.9 Å². The van der Waals surface area contributed by atoms with E-state index in [1.165, 1.54) is 16.7 Å². The lowest BCUT2D eigenvalue weighted by atomic mass is 10.1. The van der Waals surface area contributed by atoms with Crippen LogP contribution in [0.4, 0.5) is 0 Å². The fourth-order valence-electron chi connectivity index (χ4n) is 2.97. The van der Waals surface area contributed by atoms with E-state index in [1.807, 2.05) is 20.8 Å². The lowest BCUT2D eigenvalue weighted by molar-refractivity contribution is 0.0657. The van der Waals surface area contributed by atoms with Gasteiger partial charge in [0.1, 0.15) is 12.4 Å². The monoisotopic (exact) mass is 555 g/mol. The molecular formula is C25H38IN3O3. The lowest BCUT2D eigenvalue weighted by Crippen LogP contribution is -2.36. The molecule has 0 saturated heterocycles. The maximum atomic E-state index is 5.93. The third-order valence-corrected chi connectivity index (χ3v) is 4.62. The molecule has 0 atom stereocenters. The Morgan fingerprint density at radius 2 is 1.75 bits per heavy atom. The number of halogens is 1. The first-order valence-electron chi connectivity index (χ1n) is 11.0. The van der Waals surface area contributed by atoms with Crippen molar-refractivity contribution in [2.75, 3.05) is 26.9 Å². The number of guanidine groups is 1. The molecule has 0 unspecified atom stereocenters. The van der Waals surface area contributed by atoms with Gasteiger partial charge in [-0.05, 0) is 50.5 Å². The van der Waals surface area contributed by atoms with Crippen LogP contribution in [0, 0.1) is 6.92 Å². The predicted octanol–water partition coefficient (Wildman–Crippen LogP) is 4.82. The first-order chi connectivity index (χ1) is 15.0. The fourth-order valence-corrected chi connectivity index (χ4v) is 2.97. The minimum Gasteiger partial charge on any atom is -0.491 e. The van der Waals surface area contributed by atoms with E-state index in [-0.39, 0.29) is 30.1 Å². The Hall–Kier alpha value is -1.84. The Bertz CT molecular complexity index is 828. The van der Waals surface area contributed by atoms with Crippen molar-refractivity contribution in [1.82, 2.24) is 10.6 Å². The van der Waals surface area contributed by atoms with Gasteiger partial charge < -0.3 is 24.8 Å². The van der Waals surface area contributed by atoms with Crippen molar-refractivity contribution in [3.63, 3.8) is 0 Å². The Balaban J connectivity index is 0.00000512. The number of hydrogen-bond donors (Lipinski definition) is 2. The SMILES string of the molecule is CCOCCOc1cc(C)ccc1CNC(=NC)NCc1cccc(COC(C)C)c1.I. The molecule has 0 heterocycles. The molecule has 6 nitrogen and oxygen atoms in total. The largest absolute Gasteiger partial charge is 0.491 e. The summed E-state index contributed by atoms with van der Waals surface area (Å²) in [5.74, 6) is 1.62. The molecule has 2 aromatic carbocycles. The summed E-state index contributed by atoms with van der Waals surface area (Å²) < 4.78 is 17.0. The van der Waals surface area contributed by atoms with Crippen LogP contribution in [0.3, 0.4) is 0 Å². The van der Waals surface area contributed by atoms with Crippen molar-refractivity contribution in [3.8, 4) is 5.75 Å². The minimum absolute atomic E-state index is 0. The van der Waals surface area contributed by atoms with Crippen molar-refractivity contribution in [2.45, 2.75) is 53.5 Å². The summed E-state index contributed by atoms with van der Waals surface area (Å²) in [7, 11) is 1.77. The van der Waals surface area contributed by atoms with Crippen LogP contribution in [-0.2, 0) is 29.2 Å². The number of rotatable bonds is 12. The third-order valence-electron chi connectivity index (χ3n) is 4.62. The van der Waals surface area contributed by atoms with E-state index in [9.17, 15) is 0 Å². The average molecular weight is 556 g/mol. The molecule has 0 bridgehead atoms. The van der Waals surface area contributed by atoms with Crippen molar-refractivity contribution in [2.24, 2.45) is 4.99 Å². The second-order valence-corrected chi connectivity index (χ2v) is 7.62. The standard InChI is InChI=1S/C25H37N3O3.HI/c1-6-29-12-13-30-24-14-20(4)10-11-23(24)17-28-25(26-5)27-16-21-8-7-9-22(15-21)18-31-19(2)3;/h7-11,14-15,19H,6,12-13,16-18H2,1-5H3,(H2,26,27,28);1H. The van der Waals surface area contributed by atoms with Gasteiger partial charge in [0, 0.05) is 32.3 Å². The van der Waals surface area contributed by atoms with E-state index < -0.39 is 0 Å². The topological polar surface area (TPSA) is 64.1 Å². The Morgan fingerprint density at radius 3 is 2.47 bits per heavy atom. The van der Waals surface area contributed by atoms with Gasteiger partial charge in [0.05, 0.1) is 19.3 Å². The zero-order chi connectivity index (χ0) is 22.5. The van der Waals surface area contributed by atoms with Crippen LogP contribution in [0.15, 0.2) is 47.5 Å². The van der Waals surface area contributed by atoms with Gasteiger partial charge in [-0.1, -0.05) is 36.4 Å². The van der Waals surface area contributed by atoms with Gasteiger partial charge in [0.25, 0.3) is 0 Å². The highest BCUT2D eigenvalue weighted by Gasteiger charge is 2.07. The van der Waals surface area contributed by atoms with Crippen LogP contribution in [-0.4, -0.2) is 38.9 Å². The highest BCUT2D eigenvalue weighted by molar-refractivity contribution is 14.0. The number of nitrogens with one attached hydrogen (secondary N) is 2. The predicted molar refractivity (Wildman–Crippen MR) is 142 cm³/mol. The molecule has 178 valence electrons. The molecule has 2 aromatic rings. The molecule has 0 fully saturated rings. The van der Waals surface area contributed by atoms with Gasteiger partial charge in [0.15, 0.2) is 5.96 Å². The number of ether oxygens (including phenoxy) is 3. The molecule has 2 N–H and O–H groups in total. The summed E-state index contributed by atoms with van der Waals surface area (Å²) in [5.41, 5.74) is 4.60. The van der Waals surface area contributed by atoms with Gasteiger partial charge in [-0.25, -0.2) is 0 Å². The van der Waals surface area contributed by atoms with Crippen molar-refractivity contribution in [3.05, 3.63) is 64.7 Å². The van der Waals surface area contributed by atoms with Crippen LogP contribution < -0.4 is 15.4 Å². The number of aryl methyl sites for hydroxylation is 1. The number of nitrogens with zero attached hydrogens (tertiary/aromatic N) is 1. The smallest absolute Gasteiger partial charge is 0.191 e. The zero-order valence-electron chi connectivity index (χ0n) is 19.9. The van der Waals surface area contributed by atoms with E-state index in [0.29, 0.717) is 39.5 Å². The Kier molecular flexibility index (Phi) is 14.0. The number of hydrogen-bond acceptors (Lipinski definition) is 4. The maximum absolute atomic E-state index is 5.93. The van der Waals surface area contributed by atoms with E-state index in [4.69, 9.17) is 14.2 Å². The van der Waals surface area contributed by atoms with Gasteiger partial charge in [-0.15, -0.1) is 24.0 Å². The van der Waals surface area contributed by atoms with Crippen LogP contribution in [0.2, 0.25) is 0 Å². The second-order valence-electron chi connectivity index (χ2n) is 7.62. The molecule has 32 heavy (non-hydrogen) atoms. The molecule has 2 rings (SSSR count). The van der Waals surface area contributed by atoms with Crippen molar-refractivity contribution in [1.29, 1.82) is 0 Å². The molecule has 0 amide bonds. The molecule has 0 radical (unpaired) electrons. The van der Waals surface area contributed by atoms with Crippen LogP contribution in [0.5, 0.6) is 5.75 Å². The molecule has 0 spiro atoms. The van der Waals surface area contributed by atoms with E-state index in [2.05, 4.69) is 65.0 Å². The van der Waals surface area contributed by atoms with E-state index >= 15 is 0 Å². The number of aliphatic imine (C=N–C) groups is 1. The molecule has 0 aliphatic carbocycles. The highest BCUT2D eigenvalue weighted by Crippen LogP contribution is 2.20. The normalized spacial score (nSPS) is 11.2. The summed E-state index contributed by atoms with van der Waals surface area (Å²) in [6, 6.07) is 14.6. The first kappa shape index (κ1) is 28.2. The molecule has 0 aromatic heterocycles. The summed E-state index contributed by atoms with van der Waals surface area (Å²) >= 11 is 0. The van der Waals surface area contributed by atoms with Crippen molar-refractivity contribution < 1.29 is 14.2 Å². The molecule has 7 heteroatoms. The summed E-state index contributed by atoms with van der Waals surface area (Å²) in [6.45, 7) is 11.9. The van der Waals surface area contributed by atoms with Crippen LogP contribution in [0.1, 0.15) is 43.0 Å². The Morgan fingerprint density at radius 1 is 1.00 bits per heavy atom. The number of benzene rings is 2. The third kappa shape index (κ3) is 10.7. The van der Waals surface area contributed by atoms with E-state index in [1.54, 1.807) is 7.05 Å². The highest BCUT2D eigenvalue weighted by atomic mass is 127.